The Kier molecular flexibility index (Phi) is 3.67. The highest BCUT2D eigenvalue weighted by atomic mass is 16.5. The van der Waals surface area contributed by atoms with E-state index < -0.39 is 17.6 Å². The van der Waals surface area contributed by atoms with Crippen LogP contribution in [0.1, 0.15) is 31.8 Å². The molecule has 1 heterocycles. The maximum absolute atomic E-state index is 12.2. The molecule has 0 saturated carbocycles. The molecule has 116 valence electrons. The fourth-order valence-electron chi connectivity index (χ4n) is 2.63. The van der Waals surface area contributed by atoms with E-state index >= 15 is 0 Å². The number of carbonyl (C=O) groups is 3. The number of Topliss-reactive ketones (excluding diaryl/α,β-unsaturated/α-hetero) is 1. The molecule has 2 aromatic rings. The highest BCUT2D eigenvalue weighted by molar-refractivity contribution is 6.52. The molecule has 0 spiro atoms. The molecule has 1 aliphatic rings. The molecule has 1 aliphatic heterocycles. The summed E-state index contributed by atoms with van der Waals surface area (Å²) in [6.45, 7) is 2.03. The fraction of sp³-hybridized carbons (Fsp3) is 0.118. The number of amides is 2. The van der Waals surface area contributed by atoms with Crippen molar-refractivity contribution < 1.29 is 19.6 Å². The van der Waals surface area contributed by atoms with Crippen molar-refractivity contribution in [3.8, 4) is 0 Å². The van der Waals surface area contributed by atoms with E-state index in [1.54, 1.807) is 41.9 Å². The summed E-state index contributed by atoms with van der Waals surface area (Å²) in [5.74, 6) is -1.73. The van der Waals surface area contributed by atoms with Crippen molar-refractivity contribution in [2.75, 3.05) is 4.90 Å². The van der Waals surface area contributed by atoms with E-state index in [0.29, 0.717) is 16.8 Å². The van der Waals surface area contributed by atoms with Crippen LogP contribution in [0, 0.1) is 6.92 Å². The summed E-state index contributed by atoms with van der Waals surface area (Å²) in [7, 11) is 0. The van der Waals surface area contributed by atoms with Gasteiger partial charge >= 0.3 is 0 Å². The van der Waals surface area contributed by atoms with Gasteiger partial charge in [-0.2, -0.15) is 0 Å². The molecular weight excluding hydrogens is 296 g/mol. The van der Waals surface area contributed by atoms with Gasteiger partial charge in [-0.15, -0.1) is 0 Å². The van der Waals surface area contributed by atoms with E-state index in [1.807, 2.05) is 13.0 Å². The van der Waals surface area contributed by atoms with Crippen molar-refractivity contribution in [3.05, 3.63) is 64.7 Å². The Labute approximate surface area is 132 Å². The molecular formula is C17H14N2O4. The van der Waals surface area contributed by atoms with Gasteiger partial charge in [0.1, 0.15) is 0 Å². The predicted octanol–water partition coefficient (Wildman–Crippen LogP) is 1.84. The van der Waals surface area contributed by atoms with Gasteiger partial charge in [0, 0.05) is 5.56 Å². The average Bonchev–Trinajstić information content (AvgIpc) is 2.79. The first-order chi connectivity index (χ1) is 11.0. The van der Waals surface area contributed by atoms with E-state index in [4.69, 9.17) is 5.21 Å². The number of nitrogens with zero attached hydrogens (tertiary/aromatic N) is 1. The highest BCUT2D eigenvalue weighted by Crippen LogP contribution is 2.31. The third-order valence-corrected chi connectivity index (χ3v) is 3.76. The van der Waals surface area contributed by atoms with E-state index in [-0.39, 0.29) is 12.1 Å². The van der Waals surface area contributed by atoms with Crippen molar-refractivity contribution >= 4 is 23.3 Å². The number of carbonyl (C=O) groups excluding carboxylic acids is 3. The van der Waals surface area contributed by atoms with E-state index in [2.05, 4.69) is 0 Å². The average molecular weight is 310 g/mol. The summed E-state index contributed by atoms with van der Waals surface area (Å²) in [6.07, 6.45) is 0. The second-order valence-corrected chi connectivity index (χ2v) is 5.38. The maximum Gasteiger partial charge on any atom is 0.299 e. The lowest BCUT2D eigenvalue weighted by Gasteiger charge is -2.17. The van der Waals surface area contributed by atoms with Crippen LogP contribution >= 0.6 is 0 Å². The van der Waals surface area contributed by atoms with Crippen LogP contribution in [-0.4, -0.2) is 22.8 Å². The fourth-order valence-corrected chi connectivity index (χ4v) is 2.63. The smallest absolute Gasteiger partial charge is 0.299 e. The second kappa shape index (κ2) is 5.66. The number of hydroxylamine groups is 1. The summed E-state index contributed by atoms with van der Waals surface area (Å²) < 4.78 is 0. The van der Waals surface area contributed by atoms with Gasteiger partial charge in [-0.1, -0.05) is 23.8 Å². The molecule has 6 nitrogen and oxygen atoms in total. The van der Waals surface area contributed by atoms with Crippen LogP contribution < -0.4 is 10.4 Å². The molecule has 0 radical (unpaired) electrons. The van der Waals surface area contributed by atoms with Gasteiger partial charge < -0.3 is 4.90 Å². The molecule has 0 aliphatic carbocycles. The van der Waals surface area contributed by atoms with Crippen molar-refractivity contribution in [1.29, 1.82) is 0 Å². The summed E-state index contributed by atoms with van der Waals surface area (Å²) in [6, 6.07) is 11.8. The quantitative estimate of drug-likeness (QED) is 0.514. The number of benzene rings is 2. The largest absolute Gasteiger partial charge is 0.300 e. The van der Waals surface area contributed by atoms with Crippen molar-refractivity contribution in [1.82, 2.24) is 5.48 Å². The second-order valence-electron chi connectivity index (χ2n) is 5.38. The lowest BCUT2D eigenvalue weighted by molar-refractivity contribution is -0.114. The molecule has 0 saturated heterocycles. The summed E-state index contributed by atoms with van der Waals surface area (Å²) >= 11 is 0. The number of hydrogen-bond donors (Lipinski definition) is 2. The Morgan fingerprint density at radius 3 is 2.70 bits per heavy atom. The van der Waals surface area contributed by atoms with Crippen LogP contribution in [0.4, 0.5) is 5.69 Å². The van der Waals surface area contributed by atoms with Crippen LogP contribution in [0.5, 0.6) is 0 Å². The zero-order valence-corrected chi connectivity index (χ0v) is 12.4. The Balaban J connectivity index is 1.94. The van der Waals surface area contributed by atoms with Gasteiger partial charge in [0.2, 0.25) is 0 Å². The molecule has 2 amide bonds. The molecule has 0 atom stereocenters. The van der Waals surface area contributed by atoms with Crippen molar-refractivity contribution in [3.63, 3.8) is 0 Å². The minimum absolute atomic E-state index is 0.174. The molecule has 0 bridgehead atoms. The summed E-state index contributed by atoms with van der Waals surface area (Å²) in [4.78, 5) is 37.1. The van der Waals surface area contributed by atoms with E-state index in [0.717, 1.165) is 5.56 Å². The highest BCUT2D eigenvalue weighted by Gasteiger charge is 2.35. The normalized spacial score (nSPS) is 13.2. The first-order valence-corrected chi connectivity index (χ1v) is 7.01. The monoisotopic (exact) mass is 310 g/mol. The molecule has 0 unspecified atom stereocenters. The molecule has 0 aromatic heterocycles. The van der Waals surface area contributed by atoms with Gasteiger partial charge in [-0.05, 0) is 36.8 Å². The zero-order chi connectivity index (χ0) is 16.6. The predicted molar refractivity (Wildman–Crippen MR) is 82.4 cm³/mol. The van der Waals surface area contributed by atoms with Gasteiger partial charge in [0.05, 0.1) is 17.8 Å². The molecule has 6 heteroatoms. The van der Waals surface area contributed by atoms with Crippen LogP contribution in [0.2, 0.25) is 0 Å². The number of ketones is 1. The number of hydrogen-bond acceptors (Lipinski definition) is 4. The van der Waals surface area contributed by atoms with Gasteiger partial charge in [0.15, 0.2) is 0 Å². The number of anilines is 1. The van der Waals surface area contributed by atoms with Crippen molar-refractivity contribution in [2.45, 2.75) is 13.5 Å². The van der Waals surface area contributed by atoms with Crippen LogP contribution in [0.3, 0.4) is 0 Å². The minimum atomic E-state index is -0.633. The molecule has 2 N–H and O–H groups in total. The lowest BCUT2D eigenvalue weighted by Crippen LogP contribution is -2.29. The summed E-state index contributed by atoms with van der Waals surface area (Å²) in [5.41, 5.74) is 4.40. The van der Waals surface area contributed by atoms with E-state index in [1.165, 1.54) is 4.90 Å². The minimum Gasteiger partial charge on any atom is -0.300 e. The first-order valence-electron chi connectivity index (χ1n) is 7.01. The molecule has 3 rings (SSSR count). The summed E-state index contributed by atoms with van der Waals surface area (Å²) in [5, 5.41) is 8.69. The molecule has 23 heavy (non-hydrogen) atoms. The van der Waals surface area contributed by atoms with Crippen LogP contribution in [-0.2, 0) is 11.3 Å². The van der Waals surface area contributed by atoms with Gasteiger partial charge in [0.25, 0.3) is 17.6 Å². The SMILES string of the molecule is Cc1ccc2c(c1)C(=O)C(=O)N2Cc1cccc(C(=O)NO)c1. The van der Waals surface area contributed by atoms with Crippen LogP contribution in [0.15, 0.2) is 42.5 Å². The van der Waals surface area contributed by atoms with Gasteiger partial charge in [-0.25, -0.2) is 5.48 Å². The first kappa shape index (κ1) is 14.9. The Bertz CT molecular complexity index is 829. The van der Waals surface area contributed by atoms with Gasteiger partial charge in [-0.3, -0.25) is 19.6 Å². The Morgan fingerprint density at radius 1 is 1.17 bits per heavy atom. The number of nitrogens with one attached hydrogen (secondary N) is 1. The van der Waals surface area contributed by atoms with Crippen LogP contribution in [0.25, 0.3) is 0 Å². The number of fused-ring (bicyclic) bond motifs is 1. The number of rotatable bonds is 3. The molecule has 2 aromatic carbocycles. The van der Waals surface area contributed by atoms with Crippen molar-refractivity contribution in [2.24, 2.45) is 0 Å². The topological polar surface area (TPSA) is 86.7 Å². The standard InChI is InChI=1S/C17H14N2O4/c1-10-5-6-14-13(7-10)15(20)17(22)19(14)9-11-3-2-4-12(8-11)16(21)18-23/h2-8,23H,9H2,1H3,(H,18,21). The lowest BCUT2D eigenvalue weighted by atomic mass is 10.1. The Morgan fingerprint density at radius 2 is 1.96 bits per heavy atom. The number of aryl methyl sites for hydroxylation is 1. The Hall–Kier alpha value is -2.99. The molecule has 0 fully saturated rings. The van der Waals surface area contributed by atoms with E-state index in [9.17, 15) is 14.4 Å². The zero-order valence-electron chi connectivity index (χ0n) is 12.4. The third-order valence-electron chi connectivity index (χ3n) is 3.76. The maximum atomic E-state index is 12.2. The third kappa shape index (κ3) is 2.60.